The minimum absolute atomic E-state index is 0. The average molecular weight is 415 g/mol. The highest BCUT2D eigenvalue weighted by Gasteiger charge is 2.29. The van der Waals surface area contributed by atoms with Crippen molar-refractivity contribution in [2.75, 3.05) is 37.6 Å². The predicted molar refractivity (Wildman–Crippen MR) is 110 cm³/mol. The monoisotopic (exact) mass is 414 g/mol. The highest BCUT2D eigenvalue weighted by molar-refractivity contribution is 5.85. The number of rotatable bonds is 5. The lowest BCUT2D eigenvalue weighted by atomic mass is 9.78. The van der Waals surface area contributed by atoms with Gasteiger partial charge in [-0.05, 0) is 19.8 Å². The molecular weight excluding hydrogens is 387 g/mol. The lowest BCUT2D eigenvalue weighted by molar-refractivity contribution is 0.244. The largest absolute Gasteiger partial charge is 0.354 e. The van der Waals surface area contributed by atoms with E-state index in [0.717, 1.165) is 69.4 Å². The fraction of sp³-hybridized carbons (Fsp3) is 0.647. The van der Waals surface area contributed by atoms with Crippen LogP contribution in [0.15, 0.2) is 18.7 Å². The van der Waals surface area contributed by atoms with Crippen molar-refractivity contribution in [2.45, 2.75) is 38.3 Å². The molecule has 150 valence electrons. The van der Waals surface area contributed by atoms with E-state index in [1.54, 1.807) is 12.7 Å². The van der Waals surface area contributed by atoms with Crippen molar-refractivity contribution in [1.82, 2.24) is 29.6 Å². The van der Waals surface area contributed by atoms with Gasteiger partial charge in [-0.2, -0.15) is 5.10 Å². The molecule has 0 radical (unpaired) electrons. The molecule has 0 amide bonds. The number of nitrogens with zero attached hydrogens (tertiary/aromatic N) is 7. The van der Waals surface area contributed by atoms with Crippen LogP contribution in [0.25, 0.3) is 0 Å². The Hall–Kier alpha value is -1.48. The quantitative estimate of drug-likeness (QED) is 0.786. The maximum absolute atomic E-state index is 5.93. The highest BCUT2D eigenvalue weighted by atomic mass is 35.5. The number of halogens is 2. The van der Waals surface area contributed by atoms with Gasteiger partial charge < -0.3 is 10.6 Å². The smallest absolute Gasteiger partial charge is 0.137 e. The Morgan fingerprint density at radius 2 is 1.81 bits per heavy atom. The first-order valence-electron chi connectivity index (χ1n) is 9.08. The van der Waals surface area contributed by atoms with Gasteiger partial charge in [-0.1, -0.05) is 0 Å². The summed E-state index contributed by atoms with van der Waals surface area (Å²) in [5, 5.41) is 4.16. The molecule has 0 spiro atoms. The Morgan fingerprint density at radius 1 is 1.07 bits per heavy atom. The van der Waals surface area contributed by atoms with E-state index >= 15 is 0 Å². The van der Waals surface area contributed by atoms with Crippen molar-refractivity contribution in [3.8, 4) is 0 Å². The minimum atomic E-state index is 0. The zero-order valence-corrected chi connectivity index (χ0v) is 17.2. The van der Waals surface area contributed by atoms with Gasteiger partial charge in [0.25, 0.3) is 0 Å². The molecule has 10 heteroatoms. The van der Waals surface area contributed by atoms with Crippen LogP contribution in [0.2, 0.25) is 0 Å². The van der Waals surface area contributed by atoms with Crippen molar-refractivity contribution in [3.63, 3.8) is 0 Å². The number of aromatic nitrogens is 5. The third-order valence-electron chi connectivity index (χ3n) is 5.25. The third kappa shape index (κ3) is 5.28. The summed E-state index contributed by atoms with van der Waals surface area (Å²) in [5.41, 5.74) is 7.10. The second kappa shape index (κ2) is 9.64. The SMILES string of the molecule is Cc1nc(C2CC(N)C2)cc(N2CCN(CCn3cncn3)CC2)n1.Cl.Cl. The predicted octanol–water partition coefficient (Wildman–Crippen LogP) is 1.25. The van der Waals surface area contributed by atoms with Crippen LogP contribution in [-0.4, -0.2) is 68.4 Å². The van der Waals surface area contributed by atoms with Gasteiger partial charge in [0.15, 0.2) is 0 Å². The molecular formula is C17H28Cl2N8. The maximum Gasteiger partial charge on any atom is 0.137 e. The lowest BCUT2D eigenvalue weighted by Gasteiger charge is -2.36. The Morgan fingerprint density at radius 3 is 2.44 bits per heavy atom. The number of aryl methyl sites for hydroxylation is 1. The van der Waals surface area contributed by atoms with Crippen molar-refractivity contribution < 1.29 is 0 Å². The molecule has 1 aliphatic heterocycles. The Bertz CT molecular complexity index is 697. The van der Waals surface area contributed by atoms with E-state index in [1.165, 1.54) is 0 Å². The molecule has 0 unspecified atom stereocenters. The van der Waals surface area contributed by atoms with Gasteiger partial charge in [-0.25, -0.2) is 15.0 Å². The van der Waals surface area contributed by atoms with Crippen molar-refractivity contribution >= 4 is 30.6 Å². The second-order valence-corrected chi connectivity index (χ2v) is 7.11. The van der Waals surface area contributed by atoms with Crippen molar-refractivity contribution in [2.24, 2.45) is 5.73 Å². The van der Waals surface area contributed by atoms with Crippen LogP contribution >= 0.6 is 24.8 Å². The normalized spacial score (nSPS) is 22.5. The summed E-state index contributed by atoms with van der Waals surface area (Å²) in [7, 11) is 0. The van der Waals surface area contributed by atoms with Crippen LogP contribution in [0.1, 0.15) is 30.3 Å². The van der Waals surface area contributed by atoms with Crippen LogP contribution in [-0.2, 0) is 6.54 Å². The fourth-order valence-electron chi connectivity index (χ4n) is 3.64. The molecule has 3 heterocycles. The summed E-state index contributed by atoms with van der Waals surface area (Å²) in [6, 6.07) is 2.52. The maximum atomic E-state index is 5.93. The molecule has 0 aromatic carbocycles. The van der Waals surface area contributed by atoms with Crippen molar-refractivity contribution in [1.29, 1.82) is 0 Å². The Balaban J connectivity index is 0.00000131. The standard InChI is InChI=1S/C17H26N8.2ClH/c1-13-21-16(14-8-15(18)9-14)10-17(22-13)24-5-2-23(3-6-24)4-7-25-12-19-11-20-25;;/h10-12,14-15H,2-9,18H2,1H3;2*1H. The van der Waals surface area contributed by atoms with Crippen LogP contribution in [0, 0.1) is 6.92 Å². The van der Waals surface area contributed by atoms with Crippen LogP contribution in [0.5, 0.6) is 0 Å². The molecule has 4 rings (SSSR count). The molecule has 27 heavy (non-hydrogen) atoms. The Labute approximate surface area is 172 Å². The molecule has 1 aliphatic carbocycles. The van der Waals surface area contributed by atoms with E-state index in [-0.39, 0.29) is 24.8 Å². The molecule has 0 atom stereocenters. The van der Waals surface area contributed by atoms with Gasteiger partial charge in [0, 0.05) is 56.4 Å². The van der Waals surface area contributed by atoms with Gasteiger partial charge in [0.05, 0.1) is 6.54 Å². The molecule has 8 nitrogen and oxygen atoms in total. The first-order valence-corrected chi connectivity index (χ1v) is 9.08. The van der Waals surface area contributed by atoms with Gasteiger partial charge >= 0.3 is 0 Å². The van der Waals surface area contributed by atoms with Crippen LogP contribution in [0.4, 0.5) is 5.82 Å². The van der Waals surface area contributed by atoms with Gasteiger partial charge in [0.1, 0.15) is 24.3 Å². The third-order valence-corrected chi connectivity index (χ3v) is 5.25. The zero-order valence-electron chi connectivity index (χ0n) is 15.6. The first kappa shape index (κ1) is 21.8. The van der Waals surface area contributed by atoms with E-state index < -0.39 is 0 Å². The van der Waals surface area contributed by atoms with Gasteiger partial charge in [-0.15, -0.1) is 24.8 Å². The van der Waals surface area contributed by atoms with Crippen LogP contribution < -0.4 is 10.6 Å². The molecule has 1 saturated heterocycles. The van der Waals surface area contributed by atoms with Crippen molar-refractivity contribution in [3.05, 3.63) is 30.2 Å². The van der Waals surface area contributed by atoms with E-state index in [1.807, 2.05) is 11.6 Å². The van der Waals surface area contributed by atoms with E-state index in [0.29, 0.717) is 12.0 Å². The first-order chi connectivity index (χ1) is 12.2. The summed E-state index contributed by atoms with van der Waals surface area (Å²) in [6.45, 7) is 7.96. The molecule has 0 bridgehead atoms. The summed E-state index contributed by atoms with van der Waals surface area (Å²) >= 11 is 0. The second-order valence-electron chi connectivity index (χ2n) is 7.11. The zero-order chi connectivity index (χ0) is 17.2. The number of anilines is 1. The molecule has 1 saturated carbocycles. The Kier molecular flexibility index (Phi) is 7.79. The van der Waals surface area contributed by atoms with E-state index in [9.17, 15) is 0 Å². The summed E-state index contributed by atoms with van der Waals surface area (Å²) in [5.74, 6) is 2.44. The number of hydrogen-bond donors (Lipinski definition) is 1. The summed E-state index contributed by atoms with van der Waals surface area (Å²) < 4.78 is 1.88. The molecule has 2 fully saturated rings. The summed E-state index contributed by atoms with van der Waals surface area (Å²) in [4.78, 5) is 18.1. The number of piperazine rings is 1. The minimum Gasteiger partial charge on any atom is -0.354 e. The average Bonchev–Trinajstić information content (AvgIpc) is 3.10. The molecule has 2 N–H and O–H groups in total. The van der Waals surface area contributed by atoms with E-state index in [2.05, 4.69) is 35.9 Å². The molecule has 2 aliphatic rings. The number of nitrogens with two attached hydrogens (primary N) is 1. The van der Waals surface area contributed by atoms with Gasteiger partial charge in [-0.3, -0.25) is 9.58 Å². The molecule has 2 aromatic heterocycles. The van der Waals surface area contributed by atoms with Gasteiger partial charge in [0.2, 0.25) is 0 Å². The fourth-order valence-corrected chi connectivity index (χ4v) is 3.64. The topological polar surface area (TPSA) is 89.0 Å². The summed E-state index contributed by atoms with van der Waals surface area (Å²) in [6.07, 6.45) is 5.45. The number of hydrogen-bond acceptors (Lipinski definition) is 7. The van der Waals surface area contributed by atoms with E-state index in [4.69, 9.17) is 5.73 Å². The molecule has 2 aromatic rings. The lowest BCUT2D eigenvalue weighted by Crippen LogP contribution is -2.47. The highest BCUT2D eigenvalue weighted by Crippen LogP contribution is 2.35. The van der Waals surface area contributed by atoms with Crippen LogP contribution in [0.3, 0.4) is 0 Å².